The van der Waals surface area contributed by atoms with E-state index < -0.39 is 34.2 Å². The number of nitrogen functional groups attached to an aromatic ring is 1. The van der Waals surface area contributed by atoms with Crippen LogP contribution >= 0.6 is 53.5 Å². The van der Waals surface area contributed by atoms with E-state index in [4.69, 9.17) is 66.3 Å². The normalized spacial score (nSPS) is 13.9. The van der Waals surface area contributed by atoms with Gasteiger partial charge < -0.3 is 113 Å². The molecule has 2 fully saturated rings. The van der Waals surface area contributed by atoms with Crippen LogP contribution in [0.4, 0.5) is 67.9 Å². The van der Waals surface area contributed by atoms with E-state index in [0.717, 1.165) is 136 Å². The quantitative estimate of drug-likeness (QED) is 0.0158. The molecular formula is C101H120Cl4FN18O7PSY2. The van der Waals surface area contributed by atoms with Crippen molar-refractivity contribution in [1.82, 2.24) is 49.5 Å². The summed E-state index contributed by atoms with van der Waals surface area (Å²) in [5, 5.41) is 28.5. The first-order chi connectivity index (χ1) is 62.4. The number of ketones is 1. The number of halogens is 5. The SMILES string of the molecule is C[C@@H](Oc1cc(-c2cnn(C3CCN(C)CC3)c2)cnc1N)c1c(Cl)ccc(F)c1Cl.Cc1cc(Nc2ncc(Cl)c(Nc3ccccc3S(=O)(=O)C(C)C)n2)c(OC(C)C)cc1C1CCN(C)CC1.[CH2-]CN(C[CH2-])c1cc2c(cc1CC)C(=O)c1c([nH]c3cc(C#N)ccc13)C2(C)C.[CH2-]CN(C[CH2-])c1ccc(Nc2ncc(Cl)c(Nc3ccccc3P(C)(C)=O)n2)c(OC)c1.[CH3-].[CH3-].[Y+3].[Y+3]. The molecule has 2 aliphatic heterocycles. The molecule has 0 radical (unpaired) electrons. The summed E-state index contributed by atoms with van der Waals surface area (Å²) in [5.41, 5.74) is 20.8. The van der Waals surface area contributed by atoms with Crippen LogP contribution in [0.1, 0.15) is 154 Å². The Labute approximate surface area is 866 Å². The van der Waals surface area contributed by atoms with Gasteiger partial charge in [0, 0.05) is 84.4 Å². The summed E-state index contributed by atoms with van der Waals surface area (Å²) in [4.78, 5) is 48.1. The second kappa shape index (κ2) is 49.1. The number of carbonyl (C=O) groups excluding carboxylic acids is 1. The fraction of sp³-hybridized carbons (Fsp3) is 0.327. The van der Waals surface area contributed by atoms with Crippen LogP contribution in [0.3, 0.4) is 0 Å². The molecule has 1 aliphatic carbocycles. The van der Waals surface area contributed by atoms with E-state index in [1.807, 2.05) is 90.4 Å². The Hall–Kier alpha value is -8.84. The Morgan fingerprint density at radius 3 is 1.88 bits per heavy atom. The molecule has 7 heterocycles. The molecule has 135 heavy (non-hydrogen) atoms. The zero-order chi connectivity index (χ0) is 94.7. The van der Waals surface area contributed by atoms with Crippen LogP contribution in [0.2, 0.25) is 20.1 Å². The van der Waals surface area contributed by atoms with Crippen molar-refractivity contribution in [3.05, 3.63) is 277 Å². The fourth-order valence-electron chi connectivity index (χ4n) is 16.2. The molecule has 708 valence electrons. The van der Waals surface area contributed by atoms with Crippen molar-refractivity contribution in [2.75, 3.05) is 124 Å². The number of ether oxygens (including phenoxy) is 3. The molecule has 3 aliphatic rings. The number of methoxy groups -OCH3 is 1. The van der Waals surface area contributed by atoms with Crippen LogP contribution in [-0.4, -0.2) is 162 Å². The fourth-order valence-corrected chi connectivity index (χ4v) is 19.5. The van der Waals surface area contributed by atoms with Gasteiger partial charge in [-0.3, -0.25) is 9.48 Å². The number of likely N-dealkylation sites (tertiary alicyclic amines) is 2. The van der Waals surface area contributed by atoms with Crippen LogP contribution in [-0.2, 0) is 91.7 Å². The van der Waals surface area contributed by atoms with Crippen molar-refractivity contribution >= 4 is 149 Å². The monoisotopic (exact) mass is 2100 g/mol. The molecule has 0 amide bonds. The number of anilines is 11. The number of nitrogens with zero attached hydrogens (tertiary/aromatic N) is 12. The maximum atomic E-state index is 13.9. The summed E-state index contributed by atoms with van der Waals surface area (Å²) >= 11 is 25.1. The van der Waals surface area contributed by atoms with Gasteiger partial charge >= 0.3 is 65.4 Å². The number of carbonyl (C=O) groups is 1. The van der Waals surface area contributed by atoms with Crippen LogP contribution in [0.25, 0.3) is 22.0 Å². The number of rotatable bonds is 27. The largest absolute Gasteiger partial charge is 3.00 e. The van der Waals surface area contributed by atoms with E-state index in [1.54, 1.807) is 83.8 Å². The molecule has 34 heteroatoms. The number of piperidine rings is 2. The Kier molecular flexibility index (Phi) is 40.6. The van der Waals surface area contributed by atoms with Gasteiger partial charge in [0.15, 0.2) is 38.8 Å². The van der Waals surface area contributed by atoms with Crippen molar-refractivity contribution in [3.63, 3.8) is 0 Å². The second-order valence-electron chi connectivity index (χ2n) is 34.0. The molecular weight excluding hydrogens is 1980 g/mol. The number of hydrogen-bond acceptors (Lipinski definition) is 23. The number of H-pyrrole nitrogens is 1. The number of aryl methyl sites for hydroxylation is 2. The predicted octanol–water partition coefficient (Wildman–Crippen LogP) is 23.3. The third kappa shape index (κ3) is 26.4. The van der Waals surface area contributed by atoms with Gasteiger partial charge in [-0.15, -0.1) is 26.2 Å². The van der Waals surface area contributed by atoms with Crippen LogP contribution in [0.15, 0.2) is 163 Å². The van der Waals surface area contributed by atoms with Gasteiger partial charge in [-0.1, -0.05) is 97.5 Å². The second-order valence-corrected chi connectivity index (χ2v) is 41.3. The summed E-state index contributed by atoms with van der Waals surface area (Å²) in [7, 11) is -0.115. The van der Waals surface area contributed by atoms with E-state index in [-0.39, 0.29) is 118 Å². The standard InChI is InChI=1S/C29H38ClN5O3S.C25H25N3O.C23H27ClN5O2P.C22H24Cl2FN5O.2CH3.2Y/c1-18(2)38-26-16-22(21-11-13-35(6)14-12-21)20(5)15-25(26)33-29-31-17-23(30)28(34-29)32-24-9-7-8-10-27(24)39(36,37)19(3)4;1-6-16-12-18-19(13-21(16)28(7-2)8-3)25(4,5)24-22(23(18)29)17-10-9-15(14-26)11-20(17)27-24;1-6-29(7-2)16-12-13-18(20(14-16)31-3)27-23-25-15-17(24)22(28-23)26-19-10-8-9-11-21(19)32(4,5)30;1-13(20-17(23)3-4-18(25)21(20)24)31-19-9-14(10-27-22(19)26)15-11-28-30(12-15)16-5-7-29(2)8-6-16;;;;/h7-10,15-19,21H,11-14H2,1-6H3,(H2,31,32,33,34);9-13,27H,2-3,6-8H2,1,4-5H3;8-15H,1-2,6-7H2,3-5H3,(H2,25,26,27,28);3-4,9-13,16H,5-8H2,1-2H3,(H2,26,27);2*1H3;;/q;2*-2;;2*-1;2*+3/t;;;13-;;;;/m...1..../s1. The first-order valence-corrected chi connectivity index (χ1v) is 49.1. The third-order valence-corrected chi connectivity index (χ3v) is 28.6. The molecule has 5 aromatic heterocycles. The Bertz CT molecular complexity index is 6330. The maximum absolute atomic E-state index is 13.9. The molecule has 15 rings (SSSR count). The molecule has 0 spiro atoms. The number of fused-ring (bicyclic) bond motifs is 4. The molecule has 1 atom stereocenters. The van der Waals surface area contributed by atoms with Gasteiger partial charge in [0.25, 0.3) is 0 Å². The number of aromatic nitrogens is 8. The third-order valence-electron chi connectivity index (χ3n) is 23.6. The number of pyridine rings is 1. The number of benzene rings is 7. The zero-order valence-electron chi connectivity index (χ0n) is 79.6. The number of para-hydroxylation sites is 2. The number of hydrogen-bond donors (Lipinski definition) is 6. The summed E-state index contributed by atoms with van der Waals surface area (Å²) in [6.07, 6.45) is 13.1. The van der Waals surface area contributed by atoms with Gasteiger partial charge in [-0.05, 0) is 246 Å². The van der Waals surface area contributed by atoms with Gasteiger partial charge in [-0.2, -0.15) is 20.3 Å². The van der Waals surface area contributed by atoms with Crippen molar-refractivity contribution in [1.29, 1.82) is 5.26 Å². The van der Waals surface area contributed by atoms with E-state index in [1.165, 1.54) is 35.7 Å². The number of nitrogens with one attached hydrogen (secondary N) is 5. The Morgan fingerprint density at radius 2 is 1.29 bits per heavy atom. The average Bonchev–Trinajstić information content (AvgIpc) is 1.58. The summed E-state index contributed by atoms with van der Waals surface area (Å²) in [5.74, 6) is 3.29. The van der Waals surface area contributed by atoms with Crippen molar-refractivity contribution in [2.24, 2.45) is 0 Å². The van der Waals surface area contributed by atoms with Crippen LogP contribution in [0, 0.1) is 66.6 Å². The molecule has 7 aromatic carbocycles. The van der Waals surface area contributed by atoms with Crippen molar-refractivity contribution in [2.45, 2.75) is 134 Å². The first kappa shape index (κ1) is 111. The number of nitrogens with two attached hydrogens (primary N) is 1. The van der Waals surface area contributed by atoms with Crippen molar-refractivity contribution < 1.29 is 102 Å². The van der Waals surface area contributed by atoms with E-state index in [0.29, 0.717) is 111 Å². The minimum absolute atomic E-state index is 0. The molecule has 12 aromatic rings. The minimum Gasteiger partial charge on any atom is -0.494 e. The van der Waals surface area contributed by atoms with E-state index in [9.17, 15) is 27.4 Å². The number of sulfone groups is 1. The maximum Gasteiger partial charge on any atom is 3.00 e. The molecule has 2 saturated heterocycles. The molecule has 0 bridgehead atoms. The predicted molar refractivity (Wildman–Crippen MR) is 545 cm³/mol. The summed E-state index contributed by atoms with van der Waals surface area (Å²) in [6, 6.07) is 40.8. The minimum atomic E-state index is -3.52. The van der Waals surface area contributed by atoms with Crippen molar-refractivity contribution in [3.8, 4) is 34.4 Å². The molecule has 7 N–H and O–H groups in total. The van der Waals surface area contributed by atoms with Crippen LogP contribution in [0.5, 0.6) is 17.2 Å². The van der Waals surface area contributed by atoms with Gasteiger partial charge in [0.05, 0.1) is 93.0 Å². The molecule has 25 nitrogen and oxygen atoms in total. The molecule has 0 unspecified atom stereocenters. The Morgan fingerprint density at radius 1 is 0.689 bits per heavy atom. The summed E-state index contributed by atoms with van der Waals surface area (Å²) in [6.45, 7) is 43.7. The van der Waals surface area contributed by atoms with E-state index >= 15 is 0 Å². The van der Waals surface area contributed by atoms with Gasteiger partial charge in [0.2, 0.25) is 11.9 Å². The Balaban J connectivity index is 0.000000220. The molecule has 0 saturated carbocycles. The average molecular weight is 2100 g/mol. The van der Waals surface area contributed by atoms with Crippen LogP contribution < -0.4 is 56.3 Å². The van der Waals surface area contributed by atoms with Gasteiger partial charge in [-0.25, -0.2) is 27.8 Å². The first-order valence-electron chi connectivity index (χ1n) is 43.4. The summed E-state index contributed by atoms with van der Waals surface area (Å²) < 4.78 is 72.2. The number of aromatic amines is 1. The van der Waals surface area contributed by atoms with E-state index in [2.05, 4.69) is 171 Å². The van der Waals surface area contributed by atoms with Gasteiger partial charge in [0.1, 0.15) is 40.6 Å². The number of nitriles is 1. The smallest absolute Gasteiger partial charge is 0.494 e. The topological polar surface area (TPSA) is 305 Å². The zero-order valence-corrected chi connectivity index (χ0v) is 90.0.